The Hall–Kier alpha value is -2.18. The van der Waals surface area contributed by atoms with Gasteiger partial charge < -0.3 is 9.31 Å². The SMILES string of the molecule is CC1(C)OB(c2ccc3c(F)n(Cc4ccccc4)nc3c2)OC1(C)C. The average Bonchev–Trinajstić information content (AvgIpc) is 3.01. The molecule has 1 saturated heterocycles. The molecule has 4 rings (SSSR count). The molecule has 0 spiro atoms. The number of benzene rings is 2. The second-order valence-corrected chi connectivity index (χ2v) is 7.80. The maximum atomic E-state index is 14.7. The van der Waals surface area contributed by atoms with E-state index in [1.165, 1.54) is 4.68 Å². The van der Waals surface area contributed by atoms with Crippen LogP contribution in [0.4, 0.5) is 4.39 Å². The van der Waals surface area contributed by atoms with Crippen molar-refractivity contribution in [3.63, 3.8) is 0 Å². The van der Waals surface area contributed by atoms with Crippen molar-refractivity contribution >= 4 is 23.5 Å². The fraction of sp³-hybridized carbons (Fsp3) is 0.350. The topological polar surface area (TPSA) is 36.3 Å². The molecule has 6 heteroatoms. The predicted molar refractivity (Wildman–Crippen MR) is 101 cm³/mol. The van der Waals surface area contributed by atoms with Gasteiger partial charge in [0, 0.05) is 0 Å². The monoisotopic (exact) mass is 352 g/mol. The molecule has 134 valence electrons. The predicted octanol–water partition coefficient (Wildman–Crippen LogP) is 3.52. The summed E-state index contributed by atoms with van der Waals surface area (Å²) in [6.07, 6.45) is 0. The van der Waals surface area contributed by atoms with Crippen LogP contribution >= 0.6 is 0 Å². The molecular formula is C20H22BFN2O2. The summed E-state index contributed by atoms with van der Waals surface area (Å²) in [5.74, 6) is -0.329. The zero-order valence-electron chi connectivity index (χ0n) is 15.5. The zero-order chi connectivity index (χ0) is 18.5. The van der Waals surface area contributed by atoms with Crippen molar-refractivity contribution in [2.45, 2.75) is 45.4 Å². The molecular weight excluding hydrogens is 330 g/mol. The molecule has 1 fully saturated rings. The Bertz CT molecular complexity index is 937. The van der Waals surface area contributed by atoms with Gasteiger partial charge >= 0.3 is 7.12 Å². The van der Waals surface area contributed by atoms with Gasteiger partial charge in [0.15, 0.2) is 0 Å². The smallest absolute Gasteiger partial charge is 0.399 e. The lowest BCUT2D eigenvalue weighted by atomic mass is 9.79. The lowest BCUT2D eigenvalue weighted by Gasteiger charge is -2.32. The van der Waals surface area contributed by atoms with Crippen molar-refractivity contribution in [3.05, 3.63) is 60.0 Å². The third-order valence-corrected chi connectivity index (χ3v) is 5.40. The van der Waals surface area contributed by atoms with Gasteiger partial charge in [-0.05, 0) is 50.9 Å². The molecule has 0 aliphatic carbocycles. The molecule has 0 unspecified atom stereocenters. The van der Waals surface area contributed by atoms with E-state index in [0.29, 0.717) is 17.4 Å². The van der Waals surface area contributed by atoms with Gasteiger partial charge in [0.05, 0.1) is 28.6 Å². The highest BCUT2D eigenvalue weighted by molar-refractivity contribution is 6.62. The normalized spacial score (nSPS) is 18.6. The van der Waals surface area contributed by atoms with Crippen LogP contribution in [-0.4, -0.2) is 28.1 Å². The van der Waals surface area contributed by atoms with E-state index in [-0.39, 0.29) is 5.95 Å². The molecule has 0 bridgehead atoms. The van der Waals surface area contributed by atoms with Gasteiger partial charge in [-0.2, -0.15) is 9.49 Å². The van der Waals surface area contributed by atoms with E-state index in [0.717, 1.165) is 11.0 Å². The van der Waals surface area contributed by atoms with Crippen LogP contribution in [0.2, 0.25) is 0 Å². The first-order valence-corrected chi connectivity index (χ1v) is 8.82. The number of aromatic nitrogens is 2. The number of halogens is 1. The zero-order valence-corrected chi connectivity index (χ0v) is 15.5. The second-order valence-electron chi connectivity index (χ2n) is 7.80. The van der Waals surface area contributed by atoms with E-state index in [1.807, 2.05) is 70.2 Å². The molecule has 1 aliphatic heterocycles. The Kier molecular flexibility index (Phi) is 3.93. The first kappa shape index (κ1) is 17.2. The van der Waals surface area contributed by atoms with Crippen LogP contribution < -0.4 is 5.46 Å². The summed E-state index contributed by atoms with van der Waals surface area (Å²) in [5.41, 5.74) is 1.63. The summed E-state index contributed by atoms with van der Waals surface area (Å²) in [4.78, 5) is 0. The minimum atomic E-state index is -0.480. The average molecular weight is 352 g/mol. The van der Waals surface area contributed by atoms with Gasteiger partial charge in [-0.15, -0.1) is 0 Å². The largest absolute Gasteiger partial charge is 0.494 e. The van der Waals surface area contributed by atoms with Crippen molar-refractivity contribution < 1.29 is 13.7 Å². The Balaban J connectivity index is 1.66. The highest BCUT2D eigenvalue weighted by atomic mass is 19.1. The molecule has 4 nitrogen and oxygen atoms in total. The van der Waals surface area contributed by atoms with Gasteiger partial charge in [0.25, 0.3) is 0 Å². The summed E-state index contributed by atoms with van der Waals surface area (Å²) in [7, 11) is -0.480. The van der Waals surface area contributed by atoms with E-state index < -0.39 is 18.3 Å². The number of hydrogen-bond donors (Lipinski definition) is 0. The summed E-state index contributed by atoms with van der Waals surface area (Å²) in [6, 6.07) is 15.2. The first-order chi connectivity index (χ1) is 12.3. The third kappa shape index (κ3) is 2.83. The Morgan fingerprint density at radius 1 is 1.00 bits per heavy atom. The Morgan fingerprint density at radius 3 is 2.31 bits per heavy atom. The number of hydrogen-bond acceptors (Lipinski definition) is 3. The Morgan fingerprint density at radius 2 is 1.65 bits per heavy atom. The summed E-state index contributed by atoms with van der Waals surface area (Å²) in [6.45, 7) is 8.45. The Labute approximate surface area is 153 Å². The summed E-state index contributed by atoms with van der Waals surface area (Å²) >= 11 is 0. The summed E-state index contributed by atoms with van der Waals surface area (Å²) < 4.78 is 28.3. The summed E-state index contributed by atoms with van der Waals surface area (Å²) in [5, 5.41) is 4.94. The quantitative estimate of drug-likeness (QED) is 0.677. The van der Waals surface area contributed by atoms with Crippen molar-refractivity contribution in [1.82, 2.24) is 9.78 Å². The van der Waals surface area contributed by atoms with Crippen LogP contribution in [0.3, 0.4) is 0 Å². The van der Waals surface area contributed by atoms with Gasteiger partial charge in [0.1, 0.15) is 0 Å². The van der Waals surface area contributed by atoms with Crippen LogP contribution in [0.25, 0.3) is 10.9 Å². The van der Waals surface area contributed by atoms with Crippen LogP contribution in [0.15, 0.2) is 48.5 Å². The maximum Gasteiger partial charge on any atom is 0.494 e. The molecule has 2 aromatic carbocycles. The van der Waals surface area contributed by atoms with Crippen molar-refractivity contribution in [2.24, 2.45) is 0 Å². The first-order valence-electron chi connectivity index (χ1n) is 8.82. The van der Waals surface area contributed by atoms with Crippen LogP contribution in [0, 0.1) is 5.95 Å². The van der Waals surface area contributed by atoms with E-state index in [4.69, 9.17) is 9.31 Å². The highest BCUT2D eigenvalue weighted by Gasteiger charge is 2.51. The molecule has 0 atom stereocenters. The van der Waals surface area contributed by atoms with E-state index in [1.54, 1.807) is 6.07 Å². The molecule has 0 amide bonds. The van der Waals surface area contributed by atoms with Gasteiger partial charge in [-0.1, -0.05) is 36.4 Å². The standard InChI is InChI=1S/C20H22BFN2O2/c1-19(2)20(3,4)26-21(25-19)15-10-11-16-17(12-15)23-24(18(16)22)13-14-8-6-5-7-9-14/h5-12H,13H2,1-4H3. The number of rotatable bonds is 3. The number of fused-ring (bicyclic) bond motifs is 1. The van der Waals surface area contributed by atoms with Gasteiger partial charge in [-0.25, -0.2) is 4.68 Å². The lowest BCUT2D eigenvalue weighted by molar-refractivity contribution is 0.00578. The molecule has 0 N–H and O–H groups in total. The molecule has 26 heavy (non-hydrogen) atoms. The fourth-order valence-electron chi connectivity index (χ4n) is 3.11. The molecule has 1 aromatic heterocycles. The van der Waals surface area contributed by atoms with Gasteiger partial charge in [0.2, 0.25) is 5.95 Å². The number of nitrogens with zero attached hydrogens (tertiary/aromatic N) is 2. The molecule has 0 radical (unpaired) electrons. The van der Waals surface area contributed by atoms with Gasteiger partial charge in [-0.3, -0.25) is 0 Å². The minimum absolute atomic E-state index is 0.329. The van der Waals surface area contributed by atoms with Crippen molar-refractivity contribution in [3.8, 4) is 0 Å². The molecule has 1 aliphatic rings. The van der Waals surface area contributed by atoms with Crippen LogP contribution in [-0.2, 0) is 15.9 Å². The molecule has 3 aromatic rings. The van der Waals surface area contributed by atoms with Crippen molar-refractivity contribution in [2.75, 3.05) is 0 Å². The second kappa shape index (κ2) is 5.93. The van der Waals surface area contributed by atoms with E-state index >= 15 is 0 Å². The van der Waals surface area contributed by atoms with Crippen molar-refractivity contribution in [1.29, 1.82) is 0 Å². The minimum Gasteiger partial charge on any atom is -0.399 e. The van der Waals surface area contributed by atoms with E-state index in [9.17, 15) is 4.39 Å². The van der Waals surface area contributed by atoms with Crippen LogP contribution in [0.5, 0.6) is 0 Å². The third-order valence-electron chi connectivity index (χ3n) is 5.40. The molecule has 0 saturated carbocycles. The lowest BCUT2D eigenvalue weighted by Crippen LogP contribution is -2.41. The maximum absolute atomic E-state index is 14.7. The fourth-order valence-corrected chi connectivity index (χ4v) is 3.11. The van der Waals surface area contributed by atoms with Crippen LogP contribution in [0.1, 0.15) is 33.3 Å². The molecule has 2 heterocycles. The highest BCUT2D eigenvalue weighted by Crippen LogP contribution is 2.36. The van der Waals surface area contributed by atoms with E-state index in [2.05, 4.69) is 5.10 Å².